The molecule has 7 heteroatoms. The molecule has 0 spiro atoms. The molecule has 5 rings (SSSR count). The van der Waals surface area contributed by atoms with Crippen LogP contribution in [0.25, 0.3) is 10.8 Å². The van der Waals surface area contributed by atoms with Crippen molar-refractivity contribution in [3.63, 3.8) is 0 Å². The van der Waals surface area contributed by atoms with E-state index in [1.807, 2.05) is 65.6 Å². The van der Waals surface area contributed by atoms with E-state index in [0.29, 0.717) is 42.9 Å². The number of carbonyl (C=O) groups excluding carboxylic acids is 3. The summed E-state index contributed by atoms with van der Waals surface area (Å²) in [5.41, 5.74) is 0.423. The van der Waals surface area contributed by atoms with Crippen molar-refractivity contribution in [3.8, 4) is 0 Å². The van der Waals surface area contributed by atoms with E-state index >= 15 is 0 Å². The fourth-order valence-electron chi connectivity index (χ4n) is 5.16. The van der Waals surface area contributed by atoms with Crippen molar-refractivity contribution in [1.82, 2.24) is 15.5 Å². The van der Waals surface area contributed by atoms with Gasteiger partial charge < -0.3 is 10.2 Å². The Morgan fingerprint density at radius 1 is 0.970 bits per heavy atom. The maximum Gasteiger partial charge on any atom is 0.322 e. The zero-order chi connectivity index (χ0) is 23.0. The van der Waals surface area contributed by atoms with Crippen LogP contribution in [-0.4, -0.2) is 41.4 Å². The summed E-state index contributed by atoms with van der Waals surface area (Å²) < 4.78 is 0. The van der Waals surface area contributed by atoms with Crippen LogP contribution in [0.15, 0.2) is 66.7 Å². The van der Waals surface area contributed by atoms with Gasteiger partial charge in [0.2, 0.25) is 0 Å². The number of carbonyl (C=O) groups is 3. The van der Waals surface area contributed by atoms with Gasteiger partial charge >= 0.3 is 6.03 Å². The first-order chi connectivity index (χ1) is 16.0. The second kappa shape index (κ2) is 8.52. The molecule has 0 aliphatic carbocycles. The number of piperidine rings is 1. The molecule has 3 aromatic carbocycles. The van der Waals surface area contributed by atoms with Crippen LogP contribution >= 0.6 is 11.6 Å². The summed E-state index contributed by atoms with van der Waals surface area (Å²) >= 11 is 6.37. The molecule has 1 atom stereocenters. The van der Waals surface area contributed by atoms with Gasteiger partial charge in [-0.2, -0.15) is 0 Å². The summed E-state index contributed by atoms with van der Waals surface area (Å²) in [6.45, 7) is 1.03. The van der Waals surface area contributed by atoms with Gasteiger partial charge in [0, 0.05) is 30.1 Å². The summed E-state index contributed by atoms with van der Waals surface area (Å²) in [6, 6.07) is 20.5. The van der Waals surface area contributed by atoms with Crippen molar-refractivity contribution in [2.75, 3.05) is 13.1 Å². The zero-order valence-corrected chi connectivity index (χ0v) is 18.8. The van der Waals surface area contributed by atoms with Gasteiger partial charge in [0.25, 0.3) is 11.8 Å². The highest BCUT2D eigenvalue weighted by molar-refractivity contribution is 6.31. The van der Waals surface area contributed by atoms with Gasteiger partial charge in [0.05, 0.1) is 0 Å². The normalized spacial score (nSPS) is 21.2. The molecule has 2 aliphatic heterocycles. The average Bonchev–Trinajstić information content (AvgIpc) is 3.13. The highest BCUT2D eigenvalue weighted by atomic mass is 35.5. The molecule has 3 aromatic rings. The Hall–Kier alpha value is -3.38. The zero-order valence-electron chi connectivity index (χ0n) is 18.0. The number of rotatable bonds is 4. The topological polar surface area (TPSA) is 78.5 Å². The smallest absolute Gasteiger partial charge is 0.322 e. The highest BCUT2D eigenvalue weighted by Crippen LogP contribution is 2.36. The molecule has 0 saturated carbocycles. The molecule has 0 aromatic heterocycles. The molecule has 2 N–H and O–H groups in total. The number of urea groups is 1. The van der Waals surface area contributed by atoms with E-state index in [9.17, 15) is 14.4 Å². The molecule has 168 valence electrons. The molecule has 2 heterocycles. The van der Waals surface area contributed by atoms with Crippen molar-refractivity contribution < 1.29 is 14.4 Å². The Bertz CT molecular complexity index is 1250. The standard InChI is InChI=1S/C26H24ClN3O3/c27-22-11-4-2-7-18(22)16-26(24(32)28-25(33)29-26)19-12-14-30(15-13-19)23(31)21-10-5-8-17-6-1-3-9-20(17)21/h1-11,19H,12-16H2,(H2,28,29,32,33). The first-order valence-corrected chi connectivity index (χ1v) is 11.5. The summed E-state index contributed by atoms with van der Waals surface area (Å²) in [6.07, 6.45) is 1.52. The van der Waals surface area contributed by atoms with Crippen molar-refractivity contribution in [3.05, 3.63) is 82.9 Å². The fourth-order valence-corrected chi connectivity index (χ4v) is 5.36. The van der Waals surface area contributed by atoms with Crippen LogP contribution in [0.5, 0.6) is 0 Å². The number of hydrogen-bond acceptors (Lipinski definition) is 3. The summed E-state index contributed by atoms with van der Waals surface area (Å²) in [5.74, 6) is -0.451. The monoisotopic (exact) mass is 461 g/mol. The molecule has 2 fully saturated rings. The Balaban J connectivity index is 1.37. The van der Waals surface area contributed by atoms with Gasteiger partial charge in [-0.3, -0.25) is 14.9 Å². The minimum absolute atomic E-state index is 0.00897. The molecular weight excluding hydrogens is 438 g/mol. The number of nitrogens with zero attached hydrogens (tertiary/aromatic N) is 1. The molecule has 2 saturated heterocycles. The van der Waals surface area contributed by atoms with E-state index < -0.39 is 11.6 Å². The van der Waals surface area contributed by atoms with Gasteiger partial charge in [0.1, 0.15) is 5.54 Å². The van der Waals surface area contributed by atoms with Gasteiger partial charge in [-0.1, -0.05) is 66.2 Å². The SMILES string of the molecule is O=C1NC(=O)C(Cc2ccccc2Cl)(C2CCN(C(=O)c3cccc4ccccc34)CC2)N1. The van der Waals surface area contributed by atoms with Gasteiger partial charge in [-0.15, -0.1) is 0 Å². The van der Waals surface area contributed by atoms with Gasteiger partial charge in [0.15, 0.2) is 0 Å². The fraction of sp³-hybridized carbons (Fsp3) is 0.269. The maximum atomic E-state index is 13.3. The van der Waals surface area contributed by atoms with Crippen LogP contribution in [0.4, 0.5) is 4.79 Å². The van der Waals surface area contributed by atoms with E-state index in [2.05, 4.69) is 10.6 Å². The lowest BCUT2D eigenvalue weighted by Gasteiger charge is -2.41. The van der Waals surface area contributed by atoms with E-state index in [1.54, 1.807) is 6.07 Å². The van der Waals surface area contributed by atoms with Crippen molar-refractivity contribution in [2.24, 2.45) is 5.92 Å². The lowest BCUT2D eigenvalue weighted by atomic mass is 9.74. The summed E-state index contributed by atoms with van der Waals surface area (Å²) in [5, 5.41) is 7.84. The van der Waals surface area contributed by atoms with Crippen LogP contribution < -0.4 is 10.6 Å². The van der Waals surface area contributed by atoms with Crippen LogP contribution in [0.2, 0.25) is 5.02 Å². The number of imide groups is 1. The Kier molecular flexibility index (Phi) is 5.54. The third kappa shape index (κ3) is 3.85. The Morgan fingerprint density at radius 3 is 2.39 bits per heavy atom. The van der Waals surface area contributed by atoms with Crippen LogP contribution in [0.1, 0.15) is 28.8 Å². The third-order valence-corrected chi connectivity index (χ3v) is 7.26. The van der Waals surface area contributed by atoms with Gasteiger partial charge in [-0.25, -0.2) is 4.79 Å². The second-order valence-electron chi connectivity index (χ2n) is 8.74. The second-order valence-corrected chi connectivity index (χ2v) is 9.15. The molecule has 0 radical (unpaired) electrons. The largest absolute Gasteiger partial charge is 0.339 e. The summed E-state index contributed by atoms with van der Waals surface area (Å²) in [7, 11) is 0. The quantitative estimate of drug-likeness (QED) is 0.572. The third-order valence-electron chi connectivity index (χ3n) is 6.90. The van der Waals surface area contributed by atoms with E-state index in [-0.39, 0.29) is 17.7 Å². The van der Waals surface area contributed by atoms with E-state index in [4.69, 9.17) is 11.6 Å². The number of hydrogen-bond donors (Lipinski definition) is 2. The number of nitrogens with one attached hydrogen (secondary N) is 2. The number of likely N-dealkylation sites (tertiary alicyclic amines) is 1. The van der Waals surface area contributed by atoms with E-state index in [0.717, 1.165) is 16.3 Å². The molecular formula is C26H24ClN3O3. The molecule has 1 unspecified atom stereocenters. The minimum atomic E-state index is -1.07. The molecule has 4 amide bonds. The number of amides is 4. The highest BCUT2D eigenvalue weighted by Gasteiger charge is 2.52. The lowest BCUT2D eigenvalue weighted by molar-refractivity contribution is -0.126. The molecule has 0 bridgehead atoms. The van der Waals surface area contributed by atoms with Gasteiger partial charge in [-0.05, 0) is 47.2 Å². The number of benzene rings is 3. The number of fused-ring (bicyclic) bond motifs is 1. The predicted octanol–water partition coefficient (Wildman–Crippen LogP) is 4.17. The first-order valence-electron chi connectivity index (χ1n) is 11.1. The van der Waals surface area contributed by atoms with Crippen LogP contribution in [0.3, 0.4) is 0 Å². The maximum absolute atomic E-state index is 13.3. The Labute approximate surface area is 196 Å². The summed E-state index contributed by atoms with van der Waals surface area (Å²) in [4.78, 5) is 40.3. The average molecular weight is 462 g/mol. The first kappa shape index (κ1) is 21.5. The van der Waals surface area contributed by atoms with E-state index in [1.165, 1.54) is 0 Å². The molecule has 2 aliphatic rings. The van der Waals surface area contributed by atoms with Crippen molar-refractivity contribution in [1.29, 1.82) is 0 Å². The van der Waals surface area contributed by atoms with Crippen LogP contribution in [0, 0.1) is 5.92 Å². The Morgan fingerprint density at radius 2 is 1.67 bits per heavy atom. The molecule has 6 nitrogen and oxygen atoms in total. The molecule has 33 heavy (non-hydrogen) atoms. The minimum Gasteiger partial charge on any atom is -0.339 e. The lowest BCUT2D eigenvalue weighted by Crippen LogP contribution is -2.58. The van der Waals surface area contributed by atoms with Crippen molar-refractivity contribution >= 4 is 40.2 Å². The number of halogens is 1. The van der Waals surface area contributed by atoms with Crippen LogP contribution in [-0.2, 0) is 11.2 Å². The predicted molar refractivity (Wildman–Crippen MR) is 127 cm³/mol. The van der Waals surface area contributed by atoms with Crippen molar-refractivity contribution in [2.45, 2.75) is 24.8 Å².